The van der Waals surface area contributed by atoms with E-state index in [1.54, 1.807) is 16.8 Å². The van der Waals surface area contributed by atoms with Gasteiger partial charge in [0.2, 0.25) is 18.3 Å². The second kappa shape index (κ2) is 11.3. The average Bonchev–Trinajstić information content (AvgIpc) is 3.42. The van der Waals surface area contributed by atoms with Gasteiger partial charge in [0, 0.05) is 36.9 Å². The number of hydrogen-bond donors (Lipinski definition) is 3. The van der Waals surface area contributed by atoms with Crippen molar-refractivity contribution in [1.82, 2.24) is 30.4 Å². The Labute approximate surface area is 242 Å². The molecule has 3 N–H and O–H groups in total. The molecule has 2 atom stereocenters. The van der Waals surface area contributed by atoms with Crippen LogP contribution in [0.5, 0.6) is 0 Å². The summed E-state index contributed by atoms with van der Waals surface area (Å²) in [6.07, 6.45) is 0.293. The lowest BCUT2D eigenvalue weighted by Gasteiger charge is -2.34. The van der Waals surface area contributed by atoms with Gasteiger partial charge < -0.3 is 15.6 Å². The van der Waals surface area contributed by atoms with Gasteiger partial charge in [0.1, 0.15) is 11.5 Å². The molecule has 228 valence electrons. The summed E-state index contributed by atoms with van der Waals surface area (Å²) in [6.45, 7) is 6.68. The molecule has 2 aromatic heterocycles. The second-order valence-electron chi connectivity index (χ2n) is 12.9. The van der Waals surface area contributed by atoms with E-state index >= 15 is 0 Å². The van der Waals surface area contributed by atoms with Crippen LogP contribution in [0.2, 0.25) is 0 Å². The first kappa shape index (κ1) is 30.0. The summed E-state index contributed by atoms with van der Waals surface area (Å²) in [4.78, 5) is 33.8. The highest BCUT2D eigenvalue weighted by molar-refractivity contribution is 5.92. The van der Waals surface area contributed by atoms with Crippen molar-refractivity contribution in [2.75, 3.05) is 0 Å². The highest BCUT2D eigenvalue weighted by Gasteiger charge is 2.46. The normalized spacial score (nSPS) is 18.7. The molecule has 2 heterocycles. The predicted octanol–water partition coefficient (Wildman–Crippen LogP) is 6.50. The van der Waals surface area contributed by atoms with Gasteiger partial charge in [0.05, 0.1) is 23.1 Å². The number of alkyl halides is 4. The Bertz CT molecular complexity index is 1440. The van der Waals surface area contributed by atoms with E-state index < -0.39 is 29.7 Å². The largest absolute Gasteiger partial charge is 0.349 e. The molecule has 0 spiro atoms. The monoisotopic (exact) mass is 590 g/mol. The van der Waals surface area contributed by atoms with Crippen molar-refractivity contribution in [2.45, 2.75) is 96.7 Å². The Morgan fingerprint density at radius 3 is 2.48 bits per heavy atom. The zero-order chi connectivity index (χ0) is 30.4. The average molecular weight is 591 g/mol. The van der Waals surface area contributed by atoms with E-state index in [4.69, 9.17) is 0 Å². The zero-order valence-corrected chi connectivity index (χ0v) is 24.3. The number of imidazole rings is 1. The summed E-state index contributed by atoms with van der Waals surface area (Å²) in [7, 11) is 0. The van der Waals surface area contributed by atoms with Crippen LogP contribution in [0.25, 0.3) is 11.0 Å². The van der Waals surface area contributed by atoms with E-state index in [1.807, 2.05) is 26.0 Å². The van der Waals surface area contributed by atoms with Crippen molar-refractivity contribution in [2.24, 2.45) is 17.3 Å². The topological polar surface area (TPSA) is 105 Å². The molecule has 2 saturated carbocycles. The first-order chi connectivity index (χ1) is 19.7. The summed E-state index contributed by atoms with van der Waals surface area (Å²) in [5.41, 5.74) is 0.986. The van der Waals surface area contributed by atoms with Crippen LogP contribution in [0.4, 0.5) is 17.6 Å². The third-order valence-electron chi connectivity index (χ3n) is 8.29. The van der Waals surface area contributed by atoms with Gasteiger partial charge in [-0.05, 0) is 68.7 Å². The van der Waals surface area contributed by atoms with Gasteiger partial charge >= 0.3 is 0 Å². The van der Waals surface area contributed by atoms with Gasteiger partial charge in [0.25, 0.3) is 5.91 Å². The number of carbonyl (C=O) groups excluding carboxylic acids is 2. The molecule has 2 amide bonds. The molecule has 12 heteroatoms. The van der Waals surface area contributed by atoms with Crippen LogP contribution < -0.4 is 10.6 Å². The summed E-state index contributed by atoms with van der Waals surface area (Å²) < 4.78 is 55.9. The molecular weight excluding hydrogens is 552 g/mol. The smallest absolute Gasteiger partial charge is 0.270 e. The van der Waals surface area contributed by atoms with Crippen molar-refractivity contribution in [3.63, 3.8) is 0 Å². The summed E-state index contributed by atoms with van der Waals surface area (Å²) in [5.74, 6) is -3.06. The van der Waals surface area contributed by atoms with Gasteiger partial charge in [-0.2, -0.15) is 5.10 Å². The standard InChI is InChI=1S/C30H38F4N6O2/c1-16(2)40-23(9-10-35-40)27(42)38-22(15-29(3,4)28(31)32)26-36-20-8-7-19(12-21(20)37-26)25(18-5-6-18)39-24(41)11-17-13-30(33,34)14-17/h7-10,12,16-18,22,25,28H,5-6,11,13-15H2,1-4H3,(H,36,37)(H,38,42)(H,39,41). The number of fused-ring (bicyclic) bond motifs is 1. The van der Waals surface area contributed by atoms with Crippen molar-refractivity contribution in [1.29, 1.82) is 0 Å². The fourth-order valence-corrected chi connectivity index (χ4v) is 5.70. The highest BCUT2D eigenvalue weighted by Crippen LogP contribution is 2.45. The molecule has 0 radical (unpaired) electrons. The van der Waals surface area contributed by atoms with Crippen molar-refractivity contribution < 1.29 is 27.2 Å². The Hall–Kier alpha value is -3.44. The minimum atomic E-state index is -2.66. The minimum Gasteiger partial charge on any atom is -0.349 e. The minimum absolute atomic E-state index is 0.0696. The van der Waals surface area contributed by atoms with Crippen LogP contribution in [0.1, 0.15) is 106 Å². The maximum absolute atomic E-state index is 13.9. The van der Waals surface area contributed by atoms with Crippen molar-refractivity contribution >= 4 is 22.8 Å². The van der Waals surface area contributed by atoms with E-state index in [-0.39, 0.29) is 55.5 Å². The molecular formula is C30H38F4N6O2. The molecule has 2 unspecified atom stereocenters. The van der Waals surface area contributed by atoms with Crippen molar-refractivity contribution in [3.05, 3.63) is 47.5 Å². The van der Waals surface area contributed by atoms with Gasteiger partial charge in [-0.15, -0.1) is 0 Å². The maximum atomic E-state index is 13.9. The quantitative estimate of drug-likeness (QED) is 0.210. The molecule has 0 saturated heterocycles. The van der Waals surface area contributed by atoms with Crippen LogP contribution in [0.3, 0.4) is 0 Å². The van der Waals surface area contributed by atoms with Crippen molar-refractivity contribution in [3.8, 4) is 0 Å². The third-order valence-corrected chi connectivity index (χ3v) is 8.29. The fraction of sp³-hybridized carbons (Fsp3) is 0.600. The molecule has 5 rings (SSSR count). The third kappa shape index (κ3) is 6.62. The van der Waals surface area contributed by atoms with E-state index in [0.29, 0.717) is 22.6 Å². The molecule has 0 bridgehead atoms. The second-order valence-corrected chi connectivity index (χ2v) is 12.9. The number of halogens is 4. The summed E-state index contributed by atoms with van der Waals surface area (Å²) >= 11 is 0. The molecule has 3 aromatic rings. The maximum Gasteiger partial charge on any atom is 0.270 e. The zero-order valence-electron chi connectivity index (χ0n) is 24.3. The molecule has 2 aliphatic carbocycles. The molecule has 42 heavy (non-hydrogen) atoms. The van der Waals surface area contributed by atoms with Crippen LogP contribution in [-0.2, 0) is 4.79 Å². The number of aromatic nitrogens is 4. The van der Waals surface area contributed by atoms with E-state index in [1.165, 1.54) is 20.0 Å². The lowest BCUT2D eigenvalue weighted by molar-refractivity contribution is -0.134. The van der Waals surface area contributed by atoms with E-state index in [9.17, 15) is 27.2 Å². The lowest BCUT2D eigenvalue weighted by Crippen LogP contribution is -2.39. The number of hydrogen-bond acceptors (Lipinski definition) is 4. The fourth-order valence-electron chi connectivity index (χ4n) is 5.70. The van der Waals surface area contributed by atoms with E-state index in [2.05, 4.69) is 25.7 Å². The number of amides is 2. The van der Waals surface area contributed by atoms with Crippen LogP contribution in [-0.4, -0.2) is 43.9 Å². The Morgan fingerprint density at radius 2 is 1.86 bits per heavy atom. The Morgan fingerprint density at radius 1 is 1.14 bits per heavy atom. The molecule has 1 aromatic carbocycles. The van der Waals surface area contributed by atoms with E-state index in [0.717, 1.165) is 18.4 Å². The highest BCUT2D eigenvalue weighted by atomic mass is 19.3. The van der Waals surface area contributed by atoms with Gasteiger partial charge in [0.15, 0.2) is 0 Å². The molecule has 2 aliphatic rings. The summed E-state index contributed by atoms with van der Waals surface area (Å²) in [5, 5.41) is 10.1. The van der Waals surface area contributed by atoms with Gasteiger partial charge in [-0.25, -0.2) is 22.5 Å². The Kier molecular flexibility index (Phi) is 8.10. The van der Waals surface area contributed by atoms with Crippen LogP contribution in [0.15, 0.2) is 30.5 Å². The lowest BCUT2D eigenvalue weighted by atomic mass is 9.79. The number of carbonyl (C=O) groups is 2. The van der Waals surface area contributed by atoms with Gasteiger partial charge in [-0.1, -0.05) is 19.9 Å². The number of rotatable bonds is 12. The first-order valence-corrected chi connectivity index (χ1v) is 14.5. The number of nitrogens with one attached hydrogen (secondary N) is 3. The van der Waals surface area contributed by atoms with Crippen LogP contribution >= 0.6 is 0 Å². The van der Waals surface area contributed by atoms with Gasteiger partial charge in [-0.3, -0.25) is 14.3 Å². The molecule has 0 aliphatic heterocycles. The molecule has 8 nitrogen and oxygen atoms in total. The van der Waals surface area contributed by atoms with Crippen LogP contribution in [0, 0.1) is 17.3 Å². The Balaban J connectivity index is 1.38. The number of aromatic amines is 1. The molecule has 2 fully saturated rings. The predicted molar refractivity (Wildman–Crippen MR) is 149 cm³/mol. The number of benzene rings is 1. The number of nitrogens with zero attached hydrogens (tertiary/aromatic N) is 3. The summed E-state index contributed by atoms with van der Waals surface area (Å²) in [6, 6.07) is 5.94. The number of H-pyrrole nitrogens is 1. The first-order valence-electron chi connectivity index (χ1n) is 14.5. The SMILES string of the molecule is CC(C)n1nccc1C(=O)NC(CC(C)(C)C(F)F)c1nc2ccc(C(NC(=O)CC3CC(F)(F)C3)C3CC3)cc2[nH]1.